The Bertz CT molecular complexity index is 193. The van der Waals surface area contributed by atoms with Crippen LogP contribution in [0, 0.1) is 11.3 Å². The van der Waals surface area contributed by atoms with E-state index in [1.807, 2.05) is 6.08 Å². The molecule has 68 valence electrons. The molecule has 0 saturated heterocycles. The molecular weight excluding hydrogens is 148 g/mol. The first-order valence-electron chi connectivity index (χ1n) is 4.77. The molecule has 0 heterocycles. The molecule has 1 atom stereocenters. The molecule has 0 aliphatic heterocycles. The molecule has 0 spiro atoms. The Hall–Kier alpha value is -0.590. The Kier molecular flexibility index (Phi) is 2.71. The van der Waals surface area contributed by atoms with Crippen LogP contribution < -0.4 is 0 Å². The van der Waals surface area contributed by atoms with Gasteiger partial charge < -0.3 is 0 Å². The van der Waals surface area contributed by atoms with Crippen molar-refractivity contribution >= 4 is 5.78 Å². The Balaban J connectivity index is 2.84. The third-order valence-electron chi connectivity index (χ3n) is 3.20. The SMILES string of the molecule is C=CC[C@@]1(C(C)C)CCCC1=O. The largest absolute Gasteiger partial charge is 0.299 e. The second-order valence-electron chi connectivity index (χ2n) is 4.08. The van der Waals surface area contributed by atoms with E-state index in [0.29, 0.717) is 11.7 Å². The Morgan fingerprint density at radius 3 is 2.67 bits per heavy atom. The van der Waals surface area contributed by atoms with E-state index >= 15 is 0 Å². The molecule has 1 fully saturated rings. The summed E-state index contributed by atoms with van der Waals surface area (Å²) in [6.07, 6.45) is 5.68. The summed E-state index contributed by atoms with van der Waals surface area (Å²) >= 11 is 0. The standard InChI is InChI=1S/C11H18O/c1-4-7-11(9(2)3)8-5-6-10(11)12/h4,9H,1,5-8H2,2-3H3/t11-/m0/s1. The maximum Gasteiger partial charge on any atom is 0.139 e. The van der Waals surface area contributed by atoms with Gasteiger partial charge in [-0.1, -0.05) is 19.9 Å². The highest BCUT2D eigenvalue weighted by molar-refractivity contribution is 5.87. The van der Waals surface area contributed by atoms with E-state index in [1.54, 1.807) is 0 Å². The topological polar surface area (TPSA) is 17.1 Å². The predicted molar refractivity (Wildman–Crippen MR) is 50.9 cm³/mol. The summed E-state index contributed by atoms with van der Waals surface area (Å²) in [4.78, 5) is 11.7. The normalized spacial score (nSPS) is 29.8. The highest BCUT2D eigenvalue weighted by Gasteiger charge is 2.42. The predicted octanol–water partition coefficient (Wildman–Crippen LogP) is 2.96. The van der Waals surface area contributed by atoms with Crippen LogP contribution in [0.3, 0.4) is 0 Å². The monoisotopic (exact) mass is 166 g/mol. The first-order valence-corrected chi connectivity index (χ1v) is 4.77. The molecule has 0 bridgehead atoms. The molecule has 0 aromatic rings. The fourth-order valence-electron chi connectivity index (χ4n) is 2.27. The molecule has 1 aliphatic rings. The number of hydrogen-bond acceptors (Lipinski definition) is 1. The molecule has 1 saturated carbocycles. The van der Waals surface area contributed by atoms with Crippen molar-refractivity contribution in [1.29, 1.82) is 0 Å². The lowest BCUT2D eigenvalue weighted by molar-refractivity contribution is -0.127. The highest BCUT2D eigenvalue weighted by Crippen LogP contribution is 2.44. The highest BCUT2D eigenvalue weighted by atomic mass is 16.1. The molecule has 0 aromatic carbocycles. The summed E-state index contributed by atoms with van der Waals surface area (Å²) in [6, 6.07) is 0. The van der Waals surface area contributed by atoms with Gasteiger partial charge in [-0.2, -0.15) is 0 Å². The van der Waals surface area contributed by atoms with E-state index in [1.165, 1.54) is 0 Å². The maximum atomic E-state index is 11.7. The molecular formula is C11H18O. The van der Waals surface area contributed by atoms with Crippen molar-refractivity contribution in [1.82, 2.24) is 0 Å². The van der Waals surface area contributed by atoms with Crippen molar-refractivity contribution in [3.05, 3.63) is 12.7 Å². The van der Waals surface area contributed by atoms with Gasteiger partial charge in [0.25, 0.3) is 0 Å². The van der Waals surface area contributed by atoms with Crippen LogP contribution in [0.5, 0.6) is 0 Å². The summed E-state index contributed by atoms with van der Waals surface area (Å²) < 4.78 is 0. The minimum absolute atomic E-state index is 0.0538. The third-order valence-corrected chi connectivity index (χ3v) is 3.20. The van der Waals surface area contributed by atoms with Gasteiger partial charge in [0.2, 0.25) is 0 Å². The quantitative estimate of drug-likeness (QED) is 0.589. The van der Waals surface area contributed by atoms with Crippen molar-refractivity contribution in [2.45, 2.75) is 39.5 Å². The first-order chi connectivity index (χ1) is 5.63. The maximum absolute atomic E-state index is 11.7. The minimum Gasteiger partial charge on any atom is -0.299 e. The van der Waals surface area contributed by atoms with Gasteiger partial charge in [-0.3, -0.25) is 4.79 Å². The van der Waals surface area contributed by atoms with Crippen molar-refractivity contribution in [3.8, 4) is 0 Å². The van der Waals surface area contributed by atoms with Crippen LogP contribution in [-0.2, 0) is 4.79 Å². The molecule has 0 radical (unpaired) electrons. The van der Waals surface area contributed by atoms with E-state index in [2.05, 4.69) is 20.4 Å². The van der Waals surface area contributed by atoms with Crippen molar-refractivity contribution in [2.24, 2.45) is 11.3 Å². The van der Waals surface area contributed by atoms with Crippen LogP contribution in [0.4, 0.5) is 0 Å². The van der Waals surface area contributed by atoms with E-state index in [0.717, 1.165) is 25.7 Å². The fourth-order valence-corrected chi connectivity index (χ4v) is 2.27. The van der Waals surface area contributed by atoms with Crippen molar-refractivity contribution in [3.63, 3.8) is 0 Å². The average molecular weight is 166 g/mol. The molecule has 0 aromatic heterocycles. The van der Waals surface area contributed by atoms with Gasteiger partial charge in [0.1, 0.15) is 5.78 Å². The van der Waals surface area contributed by atoms with Crippen LogP contribution in [0.25, 0.3) is 0 Å². The van der Waals surface area contributed by atoms with Gasteiger partial charge in [0.05, 0.1) is 0 Å². The van der Waals surface area contributed by atoms with Crippen LogP contribution >= 0.6 is 0 Å². The number of allylic oxidation sites excluding steroid dienone is 1. The smallest absolute Gasteiger partial charge is 0.139 e. The number of hydrogen-bond donors (Lipinski definition) is 0. The molecule has 1 rings (SSSR count). The molecule has 0 N–H and O–H groups in total. The zero-order valence-electron chi connectivity index (χ0n) is 8.10. The zero-order valence-corrected chi connectivity index (χ0v) is 8.10. The Labute approximate surface area is 74.9 Å². The van der Waals surface area contributed by atoms with Gasteiger partial charge in [0.15, 0.2) is 0 Å². The van der Waals surface area contributed by atoms with E-state index in [9.17, 15) is 4.79 Å². The first kappa shape index (κ1) is 9.50. The van der Waals surface area contributed by atoms with Gasteiger partial charge in [-0.25, -0.2) is 0 Å². The molecule has 1 nitrogen and oxygen atoms in total. The number of carbonyl (C=O) groups excluding carboxylic acids is 1. The lowest BCUT2D eigenvalue weighted by Crippen LogP contribution is -2.31. The van der Waals surface area contributed by atoms with Crippen molar-refractivity contribution < 1.29 is 4.79 Å². The molecule has 1 aliphatic carbocycles. The fraction of sp³-hybridized carbons (Fsp3) is 0.727. The lowest BCUT2D eigenvalue weighted by atomic mass is 9.72. The van der Waals surface area contributed by atoms with Gasteiger partial charge in [-0.15, -0.1) is 6.58 Å². The van der Waals surface area contributed by atoms with Crippen LogP contribution in [0.1, 0.15) is 39.5 Å². The van der Waals surface area contributed by atoms with Gasteiger partial charge >= 0.3 is 0 Å². The number of rotatable bonds is 3. The average Bonchev–Trinajstić information content (AvgIpc) is 2.34. The summed E-state index contributed by atoms with van der Waals surface area (Å²) in [7, 11) is 0. The number of ketones is 1. The number of carbonyl (C=O) groups is 1. The minimum atomic E-state index is -0.0538. The van der Waals surface area contributed by atoms with Gasteiger partial charge in [0, 0.05) is 11.8 Å². The van der Waals surface area contributed by atoms with Crippen LogP contribution in [0.2, 0.25) is 0 Å². The summed E-state index contributed by atoms with van der Waals surface area (Å²) in [6.45, 7) is 8.02. The van der Waals surface area contributed by atoms with Crippen LogP contribution in [0.15, 0.2) is 12.7 Å². The zero-order chi connectivity index (χ0) is 9.19. The van der Waals surface area contributed by atoms with E-state index < -0.39 is 0 Å². The van der Waals surface area contributed by atoms with E-state index in [-0.39, 0.29) is 5.41 Å². The van der Waals surface area contributed by atoms with Gasteiger partial charge in [-0.05, 0) is 25.2 Å². The molecule has 0 amide bonds. The van der Waals surface area contributed by atoms with Crippen LogP contribution in [-0.4, -0.2) is 5.78 Å². The summed E-state index contributed by atoms with van der Waals surface area (Å²) in [5.41, 5.74) is -0.0538. The second kappa shape index (κ2) is 3.42. The third kappa shape index (κ3) is 1.33. The molecule has 12 heavy (non-hydrogen) atoms. The van der Waals surface area contributed by atoms with E-state index in [4.69, 9.17) is 0 Å². The molecule has 0 unspecified atom stereocenters. The summed E-state index contributed by atoms with van der Waals surface area (Å²) in [5.74, 6) is 0.919. The Morgan fingerprint density at radius 1 is 1.67 bits per heavy atom. The molecule has 1 heteroatoms. The second-order valence-corrected chi connectivity index (χ2v) is 4.08. The van der Waals surface area contributed by atoms with Crippen molar-refractivity contribution in [2.75, 3.05) is 0 Å². The number of Topliss-reactive ketones (excluding diaryl/α,β-unsaturated/α-hetero) is 1. The summed E-state index contributed by atoms with van der Waals surface area (Å²) in [5, 5.41) is 0. The lowest BCUT2D eigenvalue weighted by Gasteiger charge is -2.30. The Morgan fingerprint density at radius 2 is 2.33 bits per heavy atom.